The molecular formula is C14H14N2. The molecule has 0 spiro atoms. The van der Waals surface area contributed by atoms with Gasteiger partial charge in [0.05, 0.1) is 1.37 Å². The van der Waals surface area contributed by atoms with Crippen LogP contribution in [0, 0.1) is 0 Å². The monoisotopic (exact) mass is 211 g/mol. The van der Waals surface area contributed by atoms with Crippen molar-refractivity contribution < 1.29 is 1.37 Å². The highest BCUT2D eigenvalue weighted by Gasteiger charge is 2.08. The number of hydrogen-bond acceptors (Lipinski definition) is 1. The molecule has 3 rings (SSSR count). The van der Waals surface area contributed by atoms with E-state index < -0.39 is 0 Å². The third-order valence-electron chi connectivity index (χ3n) is 3.01. The lowest BCUT2D eigenvalue weighted by molar-refractivity contribution is 0.827. The van der Waals surface area contributed by atoms with E-state index >= 15 is 0 Å². The Hall–Kier alpha value is -1.96. The summed E-state index contributed by atoms with van der Waals surface area (Å²) >= 11 is 0. The lowest BCUT2D eigenvalue weighted by Gasteiger charge is -2.02. The van der Waals surface area contributed by atoms with Crippen LogP contribution in [0.1, 0.15) is 8.29 Å². The first-order chi connectivity index (χ1) is 8.22. The molecule has 2 heteroatoms. The lowest BCUT2D eigenvalue weighted by Crippen LogP contribution is -1.92. The van der Waals surface area contributed by atoms with Crippen molar-refractivity contribution in [2.75, 3.05) is 5.73 Å². The van der Waals surface area contributed by atoms with Gasteiger partial charge < -0.3 is 10.3 Å². The van der Waals surface area contributed by atoms with Gasteiger partial charge in [-0.25, -0.2) is 0 Å². The molecule has 0 radical (unpaired) electrons. The summed E-state index contributed by atoms with van der Waals surface area (Å²) in [5.41, 5.74) is 8.64. The number of anilines is 1. The minimum absolute atomic E-state index is 0.498. The van der Waals surface area contributed by atoms with Gasteiger partial charge in [-0.3, -0.25) is 0 Å². The Morgan fingerprint density at radius 2 is 2.00 bits per heavy atom. The summed E-state index contributed by atoms with van der Waals surface area (Å²) < 4.78 is 10.3. The van der Waals surface area contributed by atoms with Crippen LogP contribution in [-0.2, 0) is 6.54 Å². The second-order valence-electron chi connectivity index (χ2n) is 3.96. The molecule has 0 saturated heterocycles. The Morgan fingerprint density at radius 1 is 1.19 bits per heavy atom. The highest BCUT2D eigenvalue weighted by Crippen LogP contribution is 2.29. The summed E-state index contributed by atoms with van der Waals surface area (Å²) in [4.78, 5) is 0. The average Bonchev–Trinajstić information content (AvgIpc) is 2.63. The van der Waals surface area contributed by atoms with Crippen LogP contribution in [-0.4, -0.2) is 4.57 Å². The maximum atomic E-state index is 8.08. The number of fused-ring (bicyclic) bond motifs is 3. The van der Waals surface area contributed by atoms with Crippen molar-refractivity contribution in [2.24, 2.45) is 0 Å². The SMILES string of the molecule is [2H]c1cc(N)cc2c3ccccc3n(CC)c12. The molecule has 16 heavy (non-hydrogen) atoms. The van der Waals surface area contributed by atoms with Crippen molar-refractivity contribution in [2.45, 2.75) is 13.5 Å². The van der Waals surface area contributed by atoms with Crippen molar-refractivity contribution >= 4 is 27.5 Å². The molecule has 0 fully saturated rings. The molecule has 2 nitrogen and oxygen atoms in total. The van der Waals surface area contributed by atoms with Crippen LogP contribution in [0.25, 0.3) is 21.8 Å². The topological polar surface area (TPSA) is 30.9 Å². The van der Waals surface area contributed by atoms with E-state index in [-0.39, 0.29) is 0 Å². The van der Waals surface area contributed by atoms with Gasteiger partial charge in [0.25, 0.3) is 0 Å². The molecule has 0 aliphatic carbocycles. The number of hydrogen-bond donors (Lipinski definition) is 1. The predicted molar refractivity (Wildman–Crippen MR) is 69.5 cm³/mol. The first-order valence-corrected chi connectivity index (χ1v) is 5.49. The summed E-state index contributed by atoms with van der Waals surface area (Å²) in [7, 11) is 0. The zero-order valence-corrected chi connectivity index (χ0v) is 9.20. The highest BCUT2D eigenvalue weighted by atomic mass is 15.0. The second kappa shape index (κ2) is 3.27. The molecule has 0 aliphatic rings. The summed E-state index contributed by atoms with van der Waals surface area (Å²) in [6, 6.07) is 12.4. The maximum Gasteiger partial charge on any atom is 0.0646 e. The van der Waals surface area contributed by atoms with Crippen LogP contribution in [0.3, 0.4) is 0 Å². The van der Waals surface area contributed by atoms with Gasteiger partial charge in [-0.15, -0.1) is 0 Å². The number of nitrogen functional groups attached to an aromatic ring is 1. The number of para-hydroxylation sites is 1. The third kappa shape index (κ3) is 1.13. The van der Waals surface area contributed by atoms with Crippen molar-refractivity contribution in [1.82, 2.24) is 4.57 Å². The molecule has 1 aromatic heterocycles. The normalized spacial score (nSPS) is 12.2. The molecule has 3 aromatic rings. The first-order valence-electron chi connectivity index (χ1n) is 5.99. The molecule has 2 aromatic carbocycles. The Bertz CT molecular complexity index is 713. The zero-order valence-electron chi connectivity index (χ0n) is 10.2. The number of rotatable bonds is 1. The fourth-order valence-corrected chi connectivity index (χ4v) is 2.32. The van der Waals surface area contributed by atoms with E-state index in [4.69, 9.17) is 7.10 Å². The van der Waals surface area contributed by atoms with E-state index in [1.807, 2.05) is 18.2 Å². The molecule has 0 aliphatic heterocycles. The Kier molecular flexibility index (Phi) is 1.68. The minimum Gasteiger partial charge on any atom is -0.399 e. The molecule has 2 N–H and O–H groups in total. The van der Waals surface area contributed by atoms with Crippen molar-refractivity contribution in [1.29, 1.82) is 0 Å². The van der Waals surface area contributed by atoms with Crippen LogP contribution in [0.15, 0.2) is 42.4 Å². The molecule has 80 valence electrons. The van der Waals surface area contributed by atoms with Crippen LogP contribution in [0.5, 0.6) is 0 Å². The standard InChI is InChI=1S/C14H14N2/c1-2-16-13-6-4-3-5-11(13)12-9-10(15)7-8-14(12)16/h3-9H,2,15H2,1H3/i8D. The van der Waals surface area contributed by atoms with Gasteiger partial charge in [0.2, 0.25) is 0 Å². The largest absolute Gasteiger partial charge is 0.399 e. The van der Waals surface area contributed by atoms with Gasteiger partial charge >= 0.3 is 0 Å². The molecule has 0 unspecified atom stereocenters. The third-order valence-corrected chi connectivity index (χ3v) is 3.01. The summed E-state index contributed by atoms with van der Waals surface area (Å²) in [6.45, 7) is 2.96. The second-order valence-corrected chi connectivity index (χ2v) is 3.96. The van der Waals surface area contributed by atoms with Crippen LogP contribution >= 0.6 is 0 Å². The Balaban J connectivity index is 2.63. The number of benzene rings is 2. The van der Waals surface area contributed by atoms with Gasteiger partial charge in [0, 0.05) is 34.0 Å². The summed E-state index contributed by atoms with van der Waals surface area (Å²) in [5.74, 6) is 0. The molecule has 0 bridgehead atoms. The number of aromatic nitrogens is 1. The molecule has 0 atom stereocenters. The Morgan fingerprint density at radius 3 is 2.81 bits per heavy atom. The summed E-state index contributed by atoms with van der Waals surface area (Å²) in [5, 5.41) is 2.25. The van der Waals surface area contributed by atoms with Gasteiger partial charge in [-0.05, 0) is 31.2 Å². The van der Waals surface area contributed by atoms with Crippen molar-refractivity contribution in [3.05, 3.63) is 42.4 Å². The number of nitrogens with zero attached hydrogens (tertiary/aromatic N) is 1. The number of aryl methyl sites for hydroxylation is 1. The minimum atomic E-state index is 0.498. The van der Waals surface area contributed by atoms with Crippen LogP contribution < -0.4 is 5.73 Å². The zero-order chi connectivity index (χ0) is 12.0. The van der Waals surface area contributed by atoms with Crippen molar-refractivity contribution in [3.8, 4) is 0 Å². The fourth-order valence-electron chi connectivity index (χ4n) is 2.32. The van der Waals surface area contributed by atoms with E-state index in [9.17, 15) is 0 Å². The molecular weight excluding hydrogens is 196 g/mol. The van der Waals surface area contributed by atoms with Gasteiger partial charge in [0.1, 0.15) is 0 Å². The van der Waals surface area contributed by atoms with Crippen LogP contribution in [0.4, 0.5) is 5.69 Å². The number of nitrogens with two attached hydrogens (primary N) is 1. The van der Waals surface area contributed by atoms with E-state index in [0.717, 1.165) is 17.4 Å². The average molecular weight is 211 g/mol. The lowest BCUT2D eigenvalue weighted by atomic mass is 10.1. The fraction of sp³-hybridized carbons (Fsp3) is 0.143. The predicted octanol–water partition coefficient (Wildman–Crippen LogP) is 3.40. The maximum absolute atomic E-state index is 8.08. The van der Waals surface area contributed by atoms with Crippen molar-refractivity contribution in [3.63, 3.8) is 0 Å². The summed E-state index contributed by atoms with van der Waals surface area (Å²) in [6.07, 6.45) is 0. The van der Waals surface area contributed by atoms with Gasteiger partial charge in [-0.2, -0.15) is 0 Å². The molecule has 0 amide bonds. The van der Waals surface area contributed by atoms with Crippen LogP contribution in [0.2, 0.25) is 0 Å². The molecule has 1 heterocycles. The first kappa shape index (κ1) is 8.22. The highest BCUT2D eigenvalue weighted by molar-refractivity contribution is 6.08. The van der Waals surface area contributed by atoms with E-state index in [2.05, 4.69) is 23.6 Å². The van der Waals surface area contributed by atoms with E-state index in [0.29, 0.717) is 11.7 Å². The smallest absolute Gasteiger partial charge is 0.0646 e. The molecule has 0 saturated carbocycles. The Labute approximate surface area is 95.7 Å². The van der Waals surface area contributed by atoms with Gasteiger partial charge in [0.15, 0.2) is 0 Å². The quantitative estimate of drug-likeness (QED) is 0.614. The van der Waals surface area contributed by atoms with E-state index in [1.54, 1.807) is 6.07 Å². The van der Waals surface area contributed by atoms with E-state index in [1.165, 1.54) is 10.9 Å². The van der Waals surface area contributed by atoms with Gasteiger partial charge in [-0.1, -0.05) is 18.2 Å².